The number of H-pyrrole nitrogens is 1. The molecule has 0 fully saturated rings. The van der Waals surface area contributed by atoms with Gasteiger partial charge < -0.3 is 4.57 Å². The summed E-state index contributed by atoms with van der Waals surface area (Å²) in [6.45, 7) is 9.38. The Hall–Kier alpha value is -2.17. The number of aromatic nitrogens is 4. The highest BCUT2D eigenvalue weighted by molar-refractivity contribution is 8.00. The van der Waals surface area contributed by atoms with Gasteiger partial charge >= 0.3 is 5.51 Å². The Bertz CT molecular complexity index is 1050. The fraction of sp³-hybridized carbons (Fsp3) is 0.318. The summed E-state index contributed by atoms with van der Waals surface area (Å²) in [6, 6.07) is 6.29. The maximum Gasteiger partial charge on any atom is 0.446 e. The van der Waals surface area contributed by atoms with E-state index in [9.17, 15) is 18.0 Å². The number of hydrogen-bond donors (Lipinski definition) is 1. The lowest BCUT2D eigenvalue weighted by atomic mass is 10.2. The fourth-order valence-corrected chi connectivity index (χ4v) is 3.67. The van der Waals surface area contributed by atoms with E-state index in [1.165, 1.54) is 34.8 Å². The van der Waals surface area contributed by atoms with Crippen LogP contribution in [0.3, 0.4) is 0 Å². The molecule has 0 aliphatic rings. The molecule has 180 valence electrons. The zero-order valence-corrected chi connectivity index (χ0v) is 20.9. The summed E-state index contributed by atoms with van der Waals surface area (Å²) in [5, 5.41) is 7.44. The van der Waals surface area contributed by atoms with Gasteiger partial charge in [-0.15, -0.1) is 6.58 Å². The molecule has 5 nitrogen and oxygen atoms in total. The molecule has 2 aromatic rings. The van der Waals surface area contributed by atoms with E-state index in [0.29, 0.717) is 15.8 Å². The van der Waals surface area contributed by atoms with E-state index in [2.05, 4.69) is 28.7 Å². The van der Waals surface area contributed by atoms with Gasteiger partial charge in [0, 0.05) is 34.6 Å². The zero-order valence-electron chi connectivity index (χ0n) is 18.5. The lowest BCUT2D eigenvalue weighted by Crippen LogP contribution is -2.17. The molecule has 0 atom stereocenters. The van der Waals surface area contributed by atoms with Crippen LogP contribution in [0.15, 0.2) is 81.0 Å². The van der Waals surface area contributed by atoms with Gasteiger partial charge in [-0.2, -0.15) is 18.3 Å². The first-order valence-corrected chi connectivity index (χ1v) is 12.0. The van der Waals surface area contributed by atoms with Crippen LogP contribution in [0.25, 0.3) is 0 Å². The van der Waals surface area contributed by atoms with Crippen molar-refractivity contribution in [1.82, 2.24) is 19.7 Å². The molecule has 0 bridgehead atoms. The zero-order chi connectivity index (χ0) is 24.9. The fourth-order valence-electron chi connectivity index (χ4n) is 2.06. The second-order valence-electron chi connectivity index (χ2n) is 6.52. The number of halogens is 4. The summed E-state index contributed by atoms with van der Waals surface area (Å²) < 4.78 is 39.6. The SMILES string of the molecule is C/C(Cl)=C(/C)Cn1ccnc(SCc2ccccc2SC(F)(F)F)[nH]ncc1=O.C=CCC. The molecule has 0 aliphatic heterocycles. The molecule has 1 N–H and O–H groups in total. The van der Waals surface area contributed by atoms with E-state index in [4.69, 9.17) is 11.6 Å². The van der Waals surface area contributed by atoms with Crippen LogP contribution in [0, 0.1) is 0 Å². The van der Waals surface area contributed by atoms with Gasteiger partial charge in [0.25, 0.3) is 5.56 Å². The van der Waals surface area contributed by atoms with Crippen LogP contribution in [-0.4, -0.2) is 25.3 Å². The van der Waals surface area contributed by atoms with Crippen LogP contribution in [0.4, 0.5) is 13.2 Å². The van der Waals surface area contributed by atoms with E-state index < -0.39 is 5.51 Å². The Morgan fingerprint density at radius 2 is 1.97 bits per heavy atom. The molecule has 1 heterocycles. The molecule has 11 heteroatoms. The second-order valence-corrected chi connectivity index (χ2v) is 9.16. The third kappa shape index (κ3) is 12.0. The monoisotopic (exact) mass is 518 g/mol. The van der Waals surface area contributed by atoms with Crippen LogP contribution < -0.4 is 5.56 Å². The van der Waals surface area contributed by atoms with Crippen LogP contribution in [0.5, 0.6) is 0 Å². The van der Waals surface area contributed by atoms with E-state index in [0.717, 1.165) is 18.2 Å². The number of benzene rings is 1. The minimum atomic E-state index is -4.36. The summed E-state index contributed by atoms with van der Waals surface area (Å²) in [5.41, 5.74) is -3.38. The van der Waals surface area contributed by atoms with Crippen LogP contribution in [-0.2, 0) is 12.3 Å². The molecule has 0 spiro atoms. The molecule has 0 saturated heterocycles. The average molecular weight is 519 g/mol. The minimum Gasteiger partial charge on any atom is -0.308 e. The van der Waals surface area contributed by atoms with Gasteiger partial charge in [-0.1, -0.05) is 54.6 Å². The molecule has 0 saturated carbocycles. The Morgan fingerprint density at radius 3 is 2.58 bits per heavy atom. The first-order valence-electron chi connectivity index (χ1n) is 9.80. The minimum absolute atomic E-state index is 0.135. The van der Waals surface area contributed by atoms with Crippen molar-refractivity contribution in [1.29, 1.82) is 0 Å². The topological polar surface area (TPSA) is 63.6 Å². The quantitative estimate of drug-likeness (QED) is 0.312. The van der Waals surface area contributed by atoms with Gasteiger partial charge in [-0.05, 0) is 49.2 Å². The van der Waals surface area contributed by atoms with Crippen LogP contribution in [0.1, 0.15) is 32.8 Å². The standard InChI is InChI=1S/C18H18ClF3N4OS2.C4H8/c1-12(13(2)19)10-26-8-7-23-17(25-24-9-16(26)27)28-11-14-5-3-4-6-15(14)29-18(20,21)22;1-3-4-2/h3-9H,10-11H2,1-2H3,(H,23,25);3H,1,4H2,2H3/b8-7?,13-12+,24-9?;. The van der Waals surface area contributed by atoms with Crippen molar-refractivity contribution in [3.63, 3.8) is 0 Å². The summed E-state index contributed by atoms with van der Waals surface area (Å²) in [5.74, 6) is 0.249. The molecule has 0 amide bonds. The number of alkyl halides is 3. The van der Waals surface area contributed by atoms with Gasteiger partial charge in [-0.25, -0.2) is 4.98 Å². The van der Waals surface area contributed by atoms with E-state index in [-0.39, 0.29) is 34.5 Å². The highest BCUT2D eigenvalue weighted by Crippen LogP contribution is 2.39. The first-order chi connectivity index (χ1) is 15.6. The molecular weight excluding hydrogens is 493 g/mol. The van der Waals surface area contributed by atoms with Gasteiger partial charge in [0.2, 0.25) is 0 Å². The Kier molecular flexibility index (Phi) is 13.0. The molecule has 0 aliphatic carbocycles. The molecule has 0 radical (unpaired) electrons. The number of nitrogens with zero attached hydrogens (tertiary/aromatic N) is 3. The number of hydrogen-bond acceptors (Lipinski definition) is 5. The number of nitrogens with one attached hydrogen (secondary N) is 1. The second kappa shape index (κ2) is 14.9. The van der Waals surface area contributed by atoms with E-state index >= 15 is 0 Å². The van der Waals surface area contributed by atoms with Crippen molar-refractivity contribution in [3.8, 4) is 0 Å². The Labute approximate surface area is 204 Å². The Morgan fingerprint density at radius 1 is 1.30 bits per heavy atom. The third-order valence-electron chi connectivity index (χ3n) is 3.90. The smallest absolute Gasteiger partial charge is 0.308 e. The first kappa shape index (κ1) is 28.9. The van der Waals surface area contributed by atoms with Gasteiger partial charge in [-0.3, -0.25) is 9.89 Å². The van der Waals surface area contributed by atoms with Crippen molar-refractivity contribution in [3.05, 3.63) is 82.0 Å². The van der Waals surface area contributed by atoms with Crippen molar-refractivity contribution < 1.29 is 13.2 Å². The maximum absolute atomic E-state index is 12.7. The summed E-state index contributed by atoms with van der Waals surface area (Å²) in [6.07, 6.45) is 6.99. The van der Waals surface area contributed by atoms with Crippen LogP contribution in [0.2, 0.25) is 0 Å². The van der Waals surface area contributed by atoms with Crippen molar-refractivity contribution >= 4 is 35.1 Å². The van der Waals surface area contributed by atoms with Crippen molar-refractivity contribution in [2.45, 2.75) is 55.0 Å². The van der Waals surface area contributed by atoms with Crippen molar-refractivity contribution in [2.24, 2.45) is 0 Å². The van der Waals surface area contributed by atoms with Gasteiger partial charge in [0.05, 0.1) is 0 Å². The summed E-state index contributed by atoms with van der Waals surface area (Å²) >= 11 is 6.97. The molecule has 2 rings (SSSR count). The van der Waals surface area contributed by atoms with Gasteiger partial charge in [0.1, 0.15) is 6.20 Å². The molecule has 0 unspecified atom stereocenters. The largest absolute Gasteiger partial charge is 0.446 e. The Balaban J connectivity index is 0.00000125. The maximum atomic E-state index is 12.7. The predicted molar refractivity (Wildman–Crippen MR) is 131 cm³/mol. The molecular formula is C22H26ClF3N4OS2. The highest BCUT2D eigenvalue weighted by atomic mass is 35.5. The third-order valence-corrected chi connectivity index (χ3v) is 6.00. The summed E-state index contributed by atoms with van der Waals surface area (Å²) in [7, 11) is 0. The van der Waals surface area contributed by atoms with Crippen molar-refractivity contribution in [2.75, 3.05) is 0 Å². The average Bonchev–Trinajstić information content (AvgIpc) is 2.83. The lowest BCUT2D eigenvalue weighted by Gasteiger charge is -2.10. The molecule has 1 aromatic carbocycles. The number of rotatable bonds is 7. The highest BCUT2D eigenvalue weighted by Gasteiger charge is 2.30. The number of aromatic amines is 1. The van der Waals surface area contributed by atoms with Gasteiger partial charge in [0.15, 0.2) is 5.16 Å². The van der Waals surface area contributed by atoms with E-state index in [1.54, 1.807) is 25.1 Å². The number of allylic oxidation sites excluding steroid dienone is 3. The van der Waals surface area contributed by atoms with Crippen LogP contribution >= 0.6 is 35.1 Å². The predicted octanol–water partition coefficient (Wildman–Crippen LogP) is 7.11. The number of thioether (sulfide) groups is 2. The van der Waals surface area contributed by atoms with E-state index in [1.807, 2.05) is 13.0 Å². The normalized spacial score (nSPS) is 11.6. The lowest BCUT2D eigenvalue weighted by molar-refractivity contribution is -0.0328. The summed E-state index contributed by atoms with van der Waals surface area (Å²) in [4.78, 5) is 16.5. The molecule has 1 aromatic heterocycles. The molecule has 33 heavy (non-hydrogen) atoms.